The molecule has 30 heavy (non-hydrogen) atoms. The summed E-state index contributed by atoms with van der Waals surface area (Å²) in [6.45, 7) is 6.75. The topological polar surface area (TPSA) is 116 Å². The zero-order valence-corrected chi connectivity index (χ0v) is 17.7. The van der Waals surface area contributed by atoms with Crippen molar-refractivity contribution in [2.75, 3.05) is 26.2 Å². The van der Waals surface area contributed by atoms with Gasteiger partial charge in [0.15, 0.2) is 12.2 Å². The third kappa shape index (κ3) is 8.01. The van der Waals surface area contributed by atoms with Gasteiger partial charge in [0.2, 0.25) is 0 Å². The van der Waals surface area contributed by atoms with Crippen LogP contribution in [-0.4, -0.2) is 47.3 Å². The molecule has 0 aromatic heterocycles. The molecule has 0 aliphatic heterocycles. The smallest absolute Gasteiger partial charge is 0.344 e. The summed E-state index contributed by atoms with van der Waals surface area (Å²) in [5.74, 6) is 5.25. The SMILES string of the molecule is CCN(CC)CC#CCOC(=O)C(O)(c1ccccc1)C1CCCCC1.O=[N+]([O-])[O-]. The summed E-state index contributed by atoms with van der Waals surface area (Å²) in [4.78, 5) is 23.3. The molecule has 1 aromatic carbocycles. The van der Waals surface area contributed by atoms with Gasteiger partial charge in [-0.3, -0.25) is 4.90 Å². The third-order valence-electron chi connectivity index (χ3n) is 5.32. The highest BCUT2D eigenvalue weighted by molar-refractivity contribution is 5.81. The molecule has 0 spiro atoms. The van der Waals surface area contributed by atoms with Crippen molar-refractivity contribution in [3.8, 4) is 11.8 Å². The van der Waals surface area contributed by atoms with Crippen molar-refractivity contribution in [1.29, 1.82) is 0 Å². The fraction of sp³-hybridized carbons (Fsp3) is 0.591. The maximum absolute atomic E-state index is 12.8. The van der Waals surface area contributed by atoms with Crippen molar-refractivity contribution in [3.63, 3.8) is 0 Å². The summed E-state index contributed by atoms with van der Waals surface area (Å²) in [5, 5.41) is 26.1. The van der Waals surface area contributed by atoms with E-state index < -0.39 is 16.7 Å². The van der Waals surface area contributed by atoms with E-state index in [1.165, 1.54) is 0 Å². The molecule has 1 aromatic rings. The molecule has 1 atom stereocenters. The zero-order chi connectivity index (χ0) is 22.4. The minimum Gasteiger partial charge on any atom is -0.450 e. The molecule has 166 valence electrons. The van der Waals surface area contributed by atoms with Gasteiger partial charge in [0.05, 0.1) is 11.6 Å². The Morgan fingerprint density at radius 2 is 1.73 bits per heavy atom. The van der Waals surface area contributed by atoms with Crippen LogP contribution < -0.4 is 0 Å². The van der Waals surface area contributed by atoms with E-state index in [1.54, 1.807) is 0 Å². The maximum Gasteiger partial charge on any atom is 0.344 e. The summed E-state index contributed by atoms with van der Waals surface area (Å²) >= 11 is 0. The fourth-order valence-electron chi connectivity index (χ4n) is 3.61. The quantitative estimate of drug-likeness (QED) is 0.312. The number of hydrogen-bond acceptors (Lipinski definition) is 7. The van der Waals surface area contributed by atoms with Crippen LogP contribution in [-0.2, 0) is 15.1 Å². The fourth-order valence-corrected chi connectivity index (χ4v) is 3.61. The number of hydrogen-bond donors (Lipinski definition) is 1. The van der Waals surface area contributed by atoms with Gasteiger partial charge in [0.25, 0.3) is 0 Å². The number of nitrogens with zero attached hydrogens (tertiary/aromatic N) is 2. The number of rotatable bonds is 7. The first kappa shape index (κ1) is 25.4. The van der Waals surface area contributed by atoms with E-state index in [2.05, 4.69) is 30.6 Å². The summed E-state index contributed by atoms with van der Waals surface area (Å²) in [5.41, 5.74) is -0.963. The van der Waals surface area contributed by atoms with Crippen LogP contribution >= 0.6 is 0 Å². The Hall–Kier alpha value is -2.63. The van der Waals surface area contributed by atoms with Crippen LogP contribution in [0.25, 0.3) is 0 Å². The van der Waals surface area contributed by atoms with Crippen molar-refractivity contribution in [2.45, 2.75) is 51.6 Å². The van der Waals surface area contributed by atoms with E-state index in [0.717, 1.165) is 45.2 Å². The van der Waals surface area contributed by atoms with Crippen LogP contribution in [0.5, 0.6) is 0 Å². The molecule has 0 heterocycles. The first-order chi connectivity index (χ1) is 14.4. The molecule has 1 fully saturated rings. The molecule has 1 aliphatic rings. The second-order valence-corrected chi connectivity index (χ2v) is 7.08. The van der Waals surface area contributed by atoms with Gasteiger partial charge in [0, 0.05) is 5.92 Å². The number of aliphatic hydroxyl groups is 1. The van der Waals surface area contributed by atoms with Crippen molar-refractivity contribution in [2.24, 2.45) is 5.92 Å². The van der Waals surface area contributed by atoms with E-state index in [4.69, 9.17) is 20.1 Å². The van der Waals surface area contributed by atoms with Crippen molar-refractivity contribution < 1.29 is 19.7 Å². The third-order valence-corrected chi connectivity index (χ3v) is 5.32. The Balaban J connectivity index is 0.00000103. The first-order valence-corrected chi connectivity index (χ1v) is 10.3. The van der Waals surface area contributed by atoms with Gasteiger partial charge in [-0.25, -0.2) is 4.79 Å². The van der Waals surface area contributed by atoms with E-state index in [1.807, 2.05) is 30.3 Å². The molecule has 0 bridgehead atoms. The minimum absolute atomic E-state index is 0.0158. The molecule has 8 nitrogen and oxygen atoms in total. The molecule has 1 N–H and O–H groups in total. The summed E-state index contributed by atoms with van der Waals surface area (Å²) in [6.07, 6.45) is 4.92. The van der Waals surface area contributed by atoms with E-state index in [9.17, 15) is 9.90 Å². The standard InChI is InChI=1S/C22H31NO3.NO3/c1-3-23(4-2)17-11-12-18-26-21(24)22(25,19-13-7-5-8-14-19)20-15-9-6-10-16-20;2-1(3)4/h5,7-8,13-14,20,25H,3-4,6,9-10,15-18H2,1-2H3;/q;-1. The van der Waals surface area contributed by atoms with Crippen LogP contribution in [0.15, 0.2) is 30.3 Å². The van der Waals surface area contributed by atoms with Crippen LogP contribution in [0.3, 0.4) is 0 Å². The predicted octanol–water partition coefficient (Wildman–Crippen LogP) is 3.10. The zero-order valence-electron chi connectivity index (χ0n) is 17.7. The highest BCUT2D eigenvalue weighted by Gasteiger charge is 2.46. The average Bonchev–Trinajstić information content (AvgIpc) is 2.76. The molecule has 1 saturated carbocycles. The van der Waals surface area contributed by atoms with Crippen LogP contribution in [0.2, 0.25) is 0 Å². The lowest BCUT2D eigenvalue weighted by atomic mass is 9.73. The van der Waals surface area contributed by atoms with Crippen LogP contribution in [0, 0.1) is 33.1 Å². The van der Waals surface area contributed by atoms with Gasteiger partial charge in [-0.1, -0.05) is 75.3 Å². The Kier molecular flexibility index (Phi) is 11.5. The maximum atomic E-state index is 12.8. The van der Waals surface area contributed by atoms with Crippen LogP contribution in [0.1, 0.15) is 51.5 Å². The van der Waals surface area contributed by atoms with Gasteiger partial charge < -0.3 is 25.2 Å². The number of carbonyl (C=O) groups is 1. The molecular formula is C22H31N2O6-. The lowest BCUT2D eigenvalue weighted by Crippen LogP contribution is -2.45. The lowest BCUT2D eigenvalue weighted by Gasteiger charge is -2.36. The summed E-state index contributed by atoms with van der Waals surface area (Å²) in [6, 6.07) is 9.19. The second kappa shape index (κ2) is 13.6. The molecule has 0 radical (unpaired) electrons. The Labute approximate surface area is 178 Å². The number of benzene rings is 1. The number of esters is 1. The Morgan fingerprint density at radius 1 is 1.17 bits per heavy atom. The van der Waals surface area contributed by atoms with Gasteiger partial charge in [0.1, 0.15) is 0 Å². The normalized spacial score (nSPS) is 15.7. The van der Waals surface area contributed by atoms with Gasteiger partial charge in [-0.15, -0.1) is 0 Å². The predicted molar refractivity (Wildman–Crippen MR) is 114 cm³/mol. The van der Waals surface area contributed by atoms with Gasteiger partial charge in [-0.05, 0) is 31.5 Å². The van der Waals surface area contributed by atoms with E-state index in [-0.39, 0.29) is 12.5 Å². The lowest BCUT2D eigenvalue weighted by molar-refractivity contribution is -0.402. The van der Waals surface area contributed by atoms with E-state index >= 15 is 0 Å². The van der Waals surface area contributed by atoms with Crippen molar-refractivity contribution >= 4 is 5.97 Å². The second-order valence-electron chi connectivity index (χ2n) is 7.08. The van der Waals surface area contributed by atoms with Crippen LogP contribution in [0.4, 0.5) is 0 Å². The van der Waals surface area contributed by atoms with E-state index in [0.29, 0.717) is 12.1 Å². The van der Waals surface area contributed by atoms with Gasteiger partial charge in [-0.2, -0.15) is 0 Å². The summed E-state index contributed by atoms with van der Waals surface area (Å²) < 4.78 is 5.38. The summed E-state index contributed by atoms with van der Waals surface area (Å²) in [7, 11) is 0. The molecule has 1 aliphatic carbocycles. The van der Waals surface area contributed by atoms with Gasteiger partial charge >= 0.3 is 5.97 Å². The minimum atomic E-state index is -1.75. The Bertz CT molecular complexity index is 701. The average molecular weight is 419 g/mol. The largest absolute Gasteiger partial charge is 0.450 e. The molecule has 0 amide bonds. The number of carbonyl (C=O) groups excluding carboxylic acids is 1. The molecule has 8 heteroatoms. The monoisotopic (exact) mass is 419 g/mol. The molecule has 1 unspecified atom stereocenters. The highest BCUT2D eigenvalue weighted by atomic mass is 16.9. The Morgan fingerprint density at radius 3 is 2.27 bits per heavy atom. The molecule has 2 rings (SSSR count). The molecular weight excluding hydrogens is 388 g/mol. The van der Waals surface area contributed by atoms with Crippen molar-refractivity contribution in [1.82, 2.24) is 4.90 Å². The number of ether oxygens (including phenoxy) is 1. The molecule has 0 saturated heterocycles. The highest BCUT2D eigenvalue weighted by Crippen LogP contribution is 2.40. The first-order valence-electron chi connectivity index (χ1n) is 10.3. The van der Waals surface area contributed by atoms with Crippen molar-refractivity contribution in [3.05, 3.63) is 51.2 Å².